The minimum atomic E-state index is -4.31. The lowest BCUT2D eigenvalue weighted by molar-refractivity contribution is -0.126. The van der Waals surface area contributed by atoms with Crippen LogP contribution in [0.2, 0.25) is 0 Å². The van der Waals surface area contributed by atoms with Gasteiger partial charge in [0, 0.05) is 22.9 Å². The molecule has 1 unspecified atom stereocenters. The normalized spacial score (nSPS) is 15.7. The summed E-state index contributed by atoms with van der Waals surface area (Å²) in [5, 5.41) is 3.64. The molecule has 1 aliphatic rings. The van der Waals surface area contributed by atoms with Crippen LogP contribution in [0.4, 0.5) is 5.69 Å². The highest BCUT2D eigenvalue weighted by atomic mass is 32.2. The van der Waals surface area contributed by atoms with Gasteiger partial charge in [-0.2, -0.15) is 4.72 Å². The van der Waals surface area contributed by atoms with Gasteiger partial charge in [-0.15, -0.1) is 0 Å². The van der Waals surface area contributed by atoms with Crippen molar-refractivity contribution in [2.24, 2.45) is 4.99 Å². The highest BCUT2D eigenvalue weighted by Gasteiger charge is 2.36. The summed E-state index contributed by atoms with van der Waals surface area (Å²) in [5.41, 5.74) is 1.80. The molecule has 218 valence electrons. The number of sulfonamides is 1. The number of carbonyl (C=O) groups excluding carboxylic acids is 4. The number of nitrogens with one attached hydrogen (secondary N) is 2. The summed E-state index contributed by atoms with van der Waals surface area (Å²) in [4.78, 5) is 56.0. The van der Waals surface area contributed by atoms with Gasteiger partial charge in [0.05, 0.1) is 22.3 Å². The number of fused-ring (bicyclic) bond motifs is 2. The summed E-state index contributed by atoms with van der Waals surface area (Å²) in [7, 11) is -4.31. The largest absolute Gasteiger partial charge is 0.345 e. The fourth-order valence-corrected chi connectivity index (χ4v) is 6.28. The van der Waals surface area contributed by atoms with Crippen molar-refractivity contribution in [3.63, 3.8) is 0 Å². The van der Waals surface area contributed by atoms with Gasteiger partial charge in [-0.3, -0.25) is 24.3 Å². The van der Waals surface area contributed by atoms with Gasteiger partial charge in [-0.25, -0.2) is 8.42 Å². The number of rotatable bonds is 10. The maximum absolute atomic E-state index is 14.1. The lowest BCUT2D eigenvalue weighted by atomic mass is 10.0. The van der Waals surface area contributed by atoms with Crippen molar-refractivity contribution in [3.05, 3.63) is 108 Å². The summed E-state index contributed by atoms with van der Waals surface area (Å²) >= 11 is 0. The highest BCUT2D eigenvalue weighted by Crippen LogP contribution is 2.29. The van der Waals surface area contributed by atoms with Crippen molar-refractivity contribution in [1.29, 1.82) is 0 Å². The predicted octanol–water partition coefficient (Wildman–Crippen LogP) is 2.99. The van der Waals surface area contributed by atoms with Crippen LogP contribution in [0.25, 0.3) is 10.8 Å². The molecule has 10 nitrogen and oxygen atoms in total. The Bertz CT molecular complexity index is 1850. The van der Waals surface area contributed by atoms with Gasteiger partial charge in [-0.1, -0.05) is 84.9 Å². The molecular weight excluding hydrogens is 568 g/mol. The number of amides is 2. The average molecular weight is 597 g/mol. The smallest absolute Gasteiger partial charge is 0.268 e. The average Bonchev–Trinajstić information content (AvgIpc) is 3.11. The molecule has 2 amide bonds. The molecule has 0 aromatic heterocycles. The number of aldehydes is 1. The number of hydrogen-bond acceptors (Lipinski definition) is 7. The van der Waals surface area contributed by atoms with E-state index in [-0.39, 0.29) is 17.1 Å². The first-order chi connectivity index (χ1) is 20.7. The zero-order chi connectivity index (χ0) is 30.6. The summed E-state index contributed by atoms with van der Waals surface area (Å²) in [6, 6.07) is 26.5. The Morgan fingerprint density at radius 2 is 1.60 bits per heavy atom. The van der Waals surface area contributed by atoms with Crippen LogP contribution in [-0.2, 0) is 29.2 Å². The maximum atomic E-state index is 14.1. The van der Waals surface area contributed by atoms with E-state index in [1.54, 1.807) is 84.9 Å². The summed E-state index contributed by atoms with van der Waals surface area (Å²) < 4.78 is 30.1. The molecule has 2 atom stereocenters. The second-order valence-corrected chi connectivity index (χ2v) is 11.7. The molecule has 0 aliphatic carbocycles. The molecule has 43 heavy (non-hydrogen) atoms. The van der Waals surface area contributed by atoms with E-state index in [4.69, 9.17) is 0 Å². The van der Waals surface area contributed by atoms with E-state index in [1.807, 2.05) is 6.07 Å². The molecule has 11 heteroatoms. The summed E-state index contributed by atoms with van der Waals surface area (Å²) in [6.45, 7) is 0.745. The van der Waals surface area contributed by atoms with Crippen molar-refractivity contribution in [1.82, 2.24) is 10.0 Å². The number of anilines is 1. The summed E-state index contributed by atoms with van der Waals surface area (Å²) in [5.74, 6) is -1.80. The first kappa shape index (κ1) is 29.5. The number of para-hydroxylation sites is 1. The van der Waals surface area contributed by atoms with Crippen LogP contribution in [0, 0.1) is 0 Å². The van der Waals surface area contributed by atoms with Gasteiger partial charge in [0.2, 0.25) is 15.9 Å². The van der Waals surface area contributed by atoms with Crippen molar-refractivity contribution >= 4 is 56.1 Å². The first-order valence-corrected chi connectivity index (χ1v) is 14.9. The van der Waals surface area contributed by atoms with Crippen LogP contribution in [0.1, 0.15) is 24.5 Å². The van der Waals surface area contributed by atoms with E-state index in [1.165, 1.54) is 13.0 Å². The molecule has 0 spiro atoms. The molecule has 0 saturated heterocycles. The molecule has 1 aliphatic heterocycles. The van der Waals surface area contributed by atoms with Crippen molar-refractivity contribution in [2.75, 3.05) is 11.4 Å². The van der Waals surface area contributed by atoms with Crippen LogP contribution in [0.15, 0.2) is 107 Å². The minimum absolute atomic E-state index is 0.0287. The molecule has 2 N–H and O–H groups in total. The SMILES string of the molecule is CC(=O)C[C@@H](C=O)NC(=O)CN1C(=O)C(NS(=O)(=O)c2cccc3ccccc23)N=C(c2ccccc2)c2ccccc21. The molecule has 5 rings (SSSR count). The molecule has 0 bridgehead atoms. The zero-order valence-electron chi connectivity index (χ0n) is 23.1. The topological polar surface area (TPSA) is 142 Å². The molecule has 0 saturated carbocycles. The van der Waals surface area contributed by atoms with Gasteiger partial charge >= 0.3 is 0 Å². The number of carbonyl (C=O) groups is 4. The molecule has 0 fully saturated rings. The van der Waals surface area contributed by atoms with E-state index in [2.05, 4.69) is 15.0 Å². The van der Waals surface area contributed by atoms with Gasteiger partial charge in [0.15, 0.2) is 6.17 Å². The standard InChI is InChI=1S/C32H28N4O6S/c1-21(38)18-24(20-37)33-29(39)19-36-27-16-8-7-15-26(27)30(23-11-3-2-4-12-23)34-31(32(36)40)35-43(41,42)28-17-9-13-22-10-5-6-14-25(22)28/h2-17,20,24,31,35H,18-19H2,1H3,(H,33,39)/t24-,31?/m0/s1. The molecule has 0 radical (unpaired) electrons. The fraction of sp³-hybridized carbons (Fsp3) is 0.156. The molecule has 4 aromatic carbocycles. The Morgan fingerprint density at radius 1 is 0.930 bits per heavy atom. The van der Waals surface area contributed by atoms with Gasteiger partial charge in [0.25, 0.3) is 5.91 Å². The fourth-order valence-electron chi connectivity index (χ4n) is 4.97. The minimum Gasteiger partial charge on any atom is -0.345 e. The Kier molecular flexibility index (Phi) is 8.56. The van der Waals surface area contributed by atoms with E-state index in [0.29, 0.717) is 39.6 Å². The van der Waals surface area contributed by atoms with Crippen LogP contribution >= 0.6 is 0 Å². The van der Waals surface area contributed by atoms with E-state index in [0.717, 1.165) is 4.90 Å². The number of Topliss-reactive ketones (excluding diaryl/α,β-unsaturated/α-hetero) is 1. The Hall–Kier alpha value is -5.00. The Morgan fingerprint density at radius 3 is 2.35 bits per heavy atom. The lowest BCUT2D eigenvalue weighted by Gasteiger charge is -2.25. The van der Waals surface area contributed by atoms with E-state index in [9.17, 15) is 27.6 Å². The second-order valence-electron chi connectivity index (χ2n) is 10.0. The van der Waals surface area contributed by atoms with Gasteiger partial charge in [0.1, 0.15) is 18.6 Å². The summed E-state index contributed by atoms with van der Waals surface area (Å²) in [6.07, 6.45) is -1.39. The van der Waals surface area contributed by atoms with Gasteiger partial charge in [-0.05, 0) is 24.4 Å². The van der Waals surface area contributed by atoms with E-state index >= 15 is 0 Å². The van der Waals surface area contributed by atoms with Crippen molar-refractivity contribution in [2.45, 2.75) is 30.4 Å². The third-order valence-electron chi connectivity index (χ3n) is 6.88. The third-order valence-corrected chi connectivity index (χ3v) is 8.35. The Labute approximate surface area is 248 Å². The second kappa shape index (κ2) is 12.5. The third kappa shape index (κ3) is 6.42. The highest BCUT2D eigenvalue weighted by molar-refractivity contribution is 7.89. The lowest BCUT2D eigenvalue weighted by Crippen LogP contribution is -2.51. The molecule has 4 aromatic rings. The monoisotopic (exact) mass is 596 g/mol. The maximum Gasteiger partial charge on any atom is 0.268 e. The number of hydrogen-bond donors (Lipinski definition) is 2. The van der Waals surface area contributed by atoms with Gasteiger partial charge < -0.3 is 10.1 Å². The number of aliphatic imine (C=N–C) groups is 1. The van der Waals surface area contributed by atoms with Crippen LogP contribution in [0.3, 0.4) is 0 Å². The van der Waals surface area contributed by atoms with Crippen molar-refractivity contribution < 1.29 is 27.6 Å². The van der Waals surface area contributed by atoms with Crippen LogP contribution < -0.4 is 14.9 Å². The Balaban J connectivity index is 1.59. The number of benzodiazepines with no additional fused rings is 1. The number of nitrogens with zero attached hydrogens (tertiary/aromatic N) is 2. The number of benzene rings is 4. The van der Waals surface area contributed by atoms with Crippen LogP contribution in [0.5, 0.6) is 0 Å². The zero-order valence-corrected chi connectivity index (χ0v) is 24.0. The first-order valence-electron chi connectivity index (χ1n) is 13.5. The predicted molar refractivity (Wildman–Crippen MR) is 162 cm³/mol. The van der Waals surface area contributed by atoms with E-state index < -0.39 is 40.6 Å². The quantitative estimate of drug-likeness (QED) is 0.270. The number of ketones is 1. The molecule has 1 heterocycles. The molecular formula is C32H28N4O6S. The van der Waals surface area contributed by atoms with Crippen molar-refractivity contribution in [3.8, 4) is 0 Å². The van der Waals surface area contributed by atoms with Crippen LogP contribution in [-0.4, -0.2) is 56.8 Å².